The van der Waals surface area contributed by atoms with E-state index in [1.807, 2.05) is 19.9 Å². The van der Waals surface area contributed by atoms with Crippen LogP contribution in [0, 0.1) is 11.7 Å². The monoisotopic (exact) mass is 349 g/mol. The SMILES string of the molecule is CCNC(=NCCc1cccc(F)c1)N1CCCC(C(=O)OCC)C1. The van der Waals surface area contributed by atoms with Crippen LogP contribution < -0.4 is 5.32 Å². The summed E-state index contributed by atoms with van der Waals surface area (Å²) >= 11 is 0. The van der Waals surface area contributed by atoms with Gasteiger partial charge in [0.25, 0.3) is 0 Å². The molecule has 1 fully saturated rings. The number of halogens is 1. The molecule has 1 aromatic rings. The van der Waals surface area contributed by atoms with Crippen molar-refractivity contribution >= 4 is 11.9 Å². The Labute approximate surface area is 149 Å². The molecule has 1 aliphatic rings. The van der Waals surface area contributed by atoms with Gasteiger partial charge in [-0.2, -0.15) is 0 Å². The molecule has 5 nitrogen and oxygen atoms in total. The van der Waals surface area contributed by atoms with Crippen molar-refractivity contribution in [2.24, 2.45) is 10.9 Å². The Morgan fingerprint density at radius 2 is 2.28 bits per heavy atom. The maximum Gasteiger partial charge on any atom is 0.310 e. The standard InChI is InChI=1S/C19H28FN3O2/c1-3-21-19(22-11-10-15-7-5-9-17(20)13-15)23-12-6-8-16(14-23)18(24)25-4-2/h5,7,9,13,16H,3-4,6,8,10-12,14H2,1-2H3,(H,21,22). The number of benzene rings is 1. The van der Waals surface area contributed by atoms with E-state index in [-0.39, 0.29) is 17.7 Å². The van der Waals surface area contributed by atoms with Crippen LogP contribution in [0.4, 0.5) is 4.39 Å². The highest BCUT2D eigenvalue weighted by Gasteiger charge is 2.28. The van der Waals surface area contributed by atoms with Crippen LogP contribution >= 0.6 is 0 Å². The zero-order chi connectivity index (χ0) is 18.1. The van der Waals surface area contributed by atoms with Gasteiger partial charge in [-0.15, -0.1) is 0 Å². The lowest BCUT2D eigenvalue weighted by Crippen LogP contribution is -2.48. The number of rotatable bonds is 6. The van der Waals surface area contributed by atoms with E-state index in [0.717, 1.165) is 37.5 Å². The third-order valence-electron chi connectivity index (χ3n) is 4.23. The Bertz CT molecular complexity index is 592. The van der Waals surface area contributed by atoms with E-state index >= 15 is 0 Å². The van der Waals surface area contributed by atoms with Crippen molar-refractivity contribution in [1.82, 2.24) is 10.2 Å². The molecule has 0 aromatic heterocycles. The van der Waals surface area contributed by atoms with Crippen molar-refractivity contribution in [3.63, 3.8) is 0 Å². The summed E-state index contributed by atoms with van der Waals surface area (Å²) in [6.45, 7) is 7.11. The summed E-state index contributed by atoms with van der Waals surface area (Å²) in [5.74, 6) is 0.373. The highest BCUT2D eigenvalue weighted by atomic mass is 19.1. The maximum atomic E-state index is 13.2. The second-order valence-electron chi connectivity index (χ2n) is 6.15. The fourth-order valence-corrected chi connectivity index (χ4v) is 3.03. The second-order valence-corrected chi connectivity index (χ2v) is 6.15. The Morgan fingerprint density at radius 3 is 3.00 bits per heavy atom. The number of piperidine rings is 1. The Balaban J connectivity index is 1.97. The van der Waals surface area contributed by atoms with Crippen LogP contribution in [0.2, 0.25) is 0 Å². The lowest BCUT2D eigenvalue weighted by atomic mass is 9.98. The molecule has 0 spiro atoms. The molecule has 0 aliphatic carbocycles. The minimum Gasteiger partial charge on any atom is -0.466 e. The van der Waals surface area contributed by atoms with Crippen molar-refractivity contribution in [2.45, 2.75) is 33.1 Å². The summed E-state index contributed by atoms with van der Waals surface area (Å²) in [5, 5.41) is 3.29. The minimum absolute atomic E-state index is 0.0965. The number of nitrogens with zero attached hydrogens (tertiary/aromatic N) is 2. The predicted octanol–water partition coefficient (Wildman–Crippen LogP) is 2.61. The summed E-state index contributed by atoms with van der Waals surface area (Å²) in [6.07, 6.45) is 2.48. The second kappa shape index (κ2) is 10.0. The number of carbonyl (C=O) groups is 1. The predicted molar refractivity (Wildman–Crippen MR) is 97.0 cm³/mol. The largest absolute Gasteiger partial charge is 0.466 e. The smallest absolute Gasteiger partial charge is 0.310 e. The van der Waals surface area contributed by atoms with Crippen molar-refractivity contribution in [1.29, 1.82) is 0 Å². The molecule has 1 atom stereocenters. The fourth-order valence-electron chi connectivity index (χ4n) is 3.03. The first-order valence-corrected chi connectivity index (χ1v) is 9.08. The molecule has 138 valence electrons. The van der Waals surface area contributed by atoms with E-state index in [1.54, 1.807) is 12.1 Å². The molecule has 1 aromatic carbocycles. The van der Waals surface area contributed by atoms with E-state index in [2.05, 4.69) is 15.2 Å². The van der Waals surface area contributed by atoms with Gasteiger partial charge in [0, 0.05) is 26.2 Å². The average molecular weight is 349 g/mol. The molecule has 1 N–H and O–H groups in total. The van der Waals surface area contributed by atoms with Gasteiger partial charge in [-0.3, -0.25) is 9.79 Å². The number of ether oxygens (including phenoxy) is 1. The summed E-state index contributed by atoms with van der Waals surface area (Å²) < 4.78 is 18.4. The number of carbonyl (C=O) groups excluding carboxylic acids is 1. The molecule has 1 saturated heterocycles. The first-order valence-electron chi connectivity index (χ1n) is 9.08. The Morgan fingerprint density at radius 1 is 1.44 bits per heavy atom. The van der Waals surface area contributed by atoms with Gasteiger partial charge in [0.1, 0.15) is 5.82 Å². The summed E-state index contributed by atoms with van der Waals surface area (Å²) in [4.78, 5) is 18.8. The van der Waals surface area contributed by atoms with Crippen LogP contribution in [0.5, 0.6) is 0 Å². The molecule has 6 heteroatoms. The number of guanidine groups is 1. The lowest BCUT2D eigenvalue weighted by Gasteiger charge is -2.34. The van der Waals surface area contributed by atoms with E-state index in [1.165, 1.54) is 6.07 Å². The van der Waals surface area contributed by atoms with Crippen molar-refractivity contribution in [3.05, 3.63) is 35.6 Å². The van der Waals surface area contributed by atoms with Crippen LogP contribution in [0.25, 0.3) is 0 Å². The number of aliphatic imine (C=N–C) groups is 1. The van der Waals surface area contributed by atoms with E-state index in [9.17, 15) is 9.18 Å². The number of likely N-dealkylation sites (tertiary alicyclic amines) is 1. The van der Waals surface area contributed by atoms with Gasteiger partial charge >= 0.3 is 5.97 Å². The Hall–Kier alpha value is -2.11. The highest BCUT2D eigenvalue weighted by molar-refractivity contribution is 5.81. The number of esters is 1. The topological polar surface area (TPSA) is 53.9 Å². The molecular formula is C19H28FN3O2. The quantitative estimate of drug-likeness (QED) is 0.487. The summed E-state index contributed by atoms with van der Waals surface area (Å²) in [7, 11) is 0. The highest BCUT2D eigenvalue weighted by Crippen LogP contribution is 2.18. The van der Waals surface area contributed by atoms with Crippen LogP contribution in [0.3, 0.4) is 0 Å². The number of hydrogen-bond donors (Lipinski definition) is 1. The molecule has 0 bridgehead atoms. The van der Waals surface area contributed by atoms with E-state index < -0.39 is 0 Å². The number of nitrogens with one attached hydrogen (secondary N) is 1. The van der Waals surface area contributed by atoms with Gasteiger partial charge in [0.15, 0.2) is 5.96 Å². The van der Waals surface area contributed by atoms with Crippen LogP contribution in [0.1, 0.15) is 32.3 Å². The molecule has 0 radical (unpaired) electrons. The van der Waals surface area contributed by atoms with Gasteiger partial charge < -0.3 is 15.0 Å². The first-order chi connectivity index (χ1) is 12.1. The molecule has 0 saturated carbocycles. The molecular weight excluding hydrogens is 321 g/mol. The normalized spacial score (nSPS) is 18.1. The third-order valence-corrected chi connectivity index (χ3v) is 4.23. The van der Waals surface area contributed by atoms with Crippen LogP contribution in [0.15, 0.2) is 29.3 Å². The zero-order valence-electron chi connectivity index (χ0n) is 15.1. The van der Waals surface area contributed by atoms with Gasteiger partial charge in [0.2, 0.25) is 0 Å². The van der Waals surface area contributed by atoms with Gasteiger partial charge in [-0.25, -0.2) is 4.39 Å². The lowest BCUT2D eigenvalue weighted by molar-refractivity contribution is -0.149. The molecule has 0 amide bonds. The first kappa shape index (κ1) is 19.2. The molecule has 1 heterocycles. The van der Waals surface area contributed by atoms with E-state index in [0.29, 0.717) is 26.1 Å². The van der Waals surface area contributed by atoms with Crippen molar-refractivity contribution in [3.8, 4) is 0 Å². The minimum atomic E-state index is -0.221. The molecule has 2 rings (SSSR count). The molecule has 1 unspecified atom stereocenters. The van der Waals surface area contributed by atoms with Crippen LogP contribution in [-0.4, -0.2) is 49.6 Å². The van der Waals surface area contributed by atoms with E-state index in [4.69, 9.17) is 4.74 Å². The summed E-state index contributed by atoms with van der Waals surface area (Å²) in [6, 6.07) is 6.61. The van der Waals surface area contributed by atoms with Gasteiger partial charge in [0.05, 0.1) is 12.5 Å². The van der Waals surface area contributed by atoms with Gasteiger partial charge in [-0.1, -0.05) is 12.1 Å². The average Bonchev–Trinajstić information content (AvgIpc) is 2.61. The van der Waals surface area contributed by atoms with Crippen LogP contribution in [-0.2, 0) is 16.0 Å². The Kier molecular flexibility index (Phi) is 7.70. The number of hydrogen-bond acceptors (Lipinski definition) is 3. The maximum absolute atomic E-state index is 13.2. The summed E-state index contributed by atoms with van der Waals surface area (Å²) in [5.41, 5.74) is 0.933. The van der Waals surface area contributed by atoms with Crippen molar-refractivity contribution in [2.75, 3.05) is 32.8 Å². The molecule has 25 heavy (non-hydrogen) atoms. The van der Waals surface area contributed by atoms with Gasteiger partial charge in [-0.05, 0) is 50.8 Å². The third kappa shape index (κ3) is 6.03. The fraction of sp³-hybridized carbons (Fsp3) is 0.579. The zero-order valence-corrected chi connectivity index (χ0v) is 15.1. The molecule has 1 aliphatic heterocycles. The van der Waals surface area contributed by atoms with Crippen molar-refractivity contribution < 1.29 is 13.9 Å².